The van der Waals surface area contributed by atoms with Gasteiger partial charge in [-0.2, -0.15) is 5.10 Å². The van der Waals surface area contributed by atoms with Crippen LogP contribution in [0.2, 0.25) is 0 Å². The van der Waals surface area contributed by atoms with Crippen LogP contribution in [0.1, 0.15) is 11.3 Å². The summed E-state index contributed by atoms with van der Waals surface area (Å²) in [5.74, 6) is 0. The van der Waals surface area contributed by atoms with Gasteiger partial charge in [0.05, 0.1) is 11.9 Å². The van der Waals surface area contributed by atoms with Crippen molar-refractivity contribution in [2.75, 3.05) is 13.1 Å². The number of benzene rings is 1. The largest absolute Gasteiger partial charge is 0.371 e. The van der Waals surface area contributed by atoms with E-state index in [1.54, 1.807) is 0 Å². The highest BCUT2D eigenvalue weighted by Gasteiger charge is 2.20. The molecule has 4 rings (SSSR count). The number of fused-ring (bicyclic) bond motifs is 1. The quantitative estimate of drug-likeness (QED) is 0.833. The second kappa shape index (κ2) is 5.19. The Bertz CT molecular complexity index is 725. The molecule has 21 heavy (non-hydrogen) atoms. The molecule has 1 aromatic heterocycles. The summed E-state index contributed by atoms with van der Waals surface area (Å²) >= 11 is 3.49. The summed E-state index contributed by atoms with van der Waals surface area (Å²) in [6.07, 6.45) is 10.6. The number of halogens is 1. The zero-order chi connectivity index (χ0) is 14.2. The molecule has 106 valence electrons. The molecule has 0 spiro atoms. The zero-order valence-corrected chi connectivity index (χ0v) is 13.3. The third-order valence-corrected chi connectivity index (χ3v) is 4.72. The number of allylic oxidation sites excluding steroid dienone is 3. The third kappa shape index (κ3) is 2.33. The molecule has 0 amide bonds. The molecular weight excluding hydrogens is 326 g/mol. The summed E-state index contributed by atoms with van der Waals surface area (Å²) in [7, 11) is 0. The molecule has 2 heterocycles. The van der Waals surface area contributed by atoms with Crippen LogP contribution < -0.4 is 0 Å². The molecule has 0 unspecified atom stereocenters. The van der Waals surface area contributed by atoms with Crippen molar-refractivity contribution >= 4 is 15.9 Å². The van der Waals surface area contributed by atoms with Gasteiger partial charge in [-0.3, -0.25) is 0 Å². The Labute approximate surface area is 132 Å². The van der Waals surface area contributed by atoms with Crippen LogP contribution in [-0.2, 0) is 12.8 Å². The van der Waals surface area contributed by atoms with Crippen molar-refractivity contribution in [1.29, 1.82) is 0 Å². The molecule has 0 saturated heterocycles. The first-order valence-electron chi connectivity index (χ1n) is 7.26. The molecule has 0 bridgehead atoms. The number of aromatic nitrogens is 2. The van der Waals surface area contributed by atoms with E-state index in [0.717, 1.165) is 36.1 Å². The first-order chi connectivity index (χ1) is 10.3. The summed E-state index contributed by atoms with van der Waals surface area (Å²) in [5, 5.41) is 4.60. The molecule has 4 heteroatoms. The van der Waals surface area contributed by atoms with Crippen molar-refractivity contribution in [3.63, 3.8) is 0 Å². The lowest BCUT2D eigenvalue weighted by Crippen LogP contribution is -2.26. The normalized spacial score (nSPS) is 17.0. The molecule has 2 aromatic rings. The van der Waals surface area contributed by atoms with E-state index in [4.69, 9.17) is 0 Å². The summed E-state index contributed by atoms with van der Waals surface area (Å²) < 4.78 is 3.19. The minimum Gasteiger partial charge on any atom is -0.371 e. The fourth-order valence-electron chi connectivity index (χ4n) is 2.95. The highest BCUT2D eigenvalue weighted by atomic mass is 79.9. The van der Waals surface area contributed by atoms with E-state index in [-0.39, 0.29) is 0 Å². The van der Waals surface area contributed by atoms with E-state index in [2.05, 4.69) is 73.1 Å². The second-order valence-electron chi connectivity index (χ2n) is 5.44. The predicted molar refractivity (Wildman–Crippen MR) is 87.5 cm³/mol. The molecule has 0 radical (unpaired) electrons. The average molecular weight is 342 g/mol. The molecule has 1 aromatic carbocycles. The Morgan fingerprint density at radius 1 is 1.05 bits per heavy atom. The maximum absolute atomic E-state index is 4.60. The first kappa shape index (κ1) is 12.9. The Morgan fingerprint density at radius 2 is 1.81 bits per heavy atom. The molecule has 2 aliphatic rings. The Kier molecular flexibility index (Phi) is 3.19. The molecule has 0 fully saturated rings. The number of hydrogen-bond donors (Lipinski definition) is 0. The van der Waals surface area contributed by atoms with Gasteiger partial charge in [-0.25, -0.2) is 4.68 Å². The molecule has 0 saturated carbocycles. The van der Waals surface area contributed by atoms with E-state index in [0.29, 0.717) is 0 Å². The number of hydrogen-bond acceptors (Lipinski definition) is 2. The maximum atomic E-state index is 4.60. The lowest BCUT2D eigenvalue weighted by Gasteiger charge is -2.26. The Morgan fingerprint density at radius 3 is 2.52 bits per heavy atom. The van der Waals surface area contributed by atoms with E-state index in [1.807, 2.05) is 6.20 Å². The van der Waals surface area contributed by atoms with Crippen molar-refractivity contribution in [3.05, 3.63) is 70.1 Å². The summed E-state index contributed by atoms with van der Waals surface area (Å²) in [6, 6.07) is 8.35. The summed E-state index contributed by atoms with van der Waals surface area (Å²) in [6.45, 7) is 2.14. The van der Waals surface area contributed by atoms with Crippen molar-refractivity contribution in [2.24, 2.45) is 0 Å². The van der Waals surface area contributed by atoms with Crippen LogP contribution in [0.4, 0.5) is 0 Å². The SMILES string of the molecule is Brc1ccc(-n2ncc3c2CCN(C2=CC=C2)CC3)cc1. The molecule has 0 atom stereocenters. The van der Waals surface area contributed by atoms with Gasteiger partial charge in [-0.1, -0.05) is 22.0 Å². The first-order valence-corrected chi connectivity index (χ1v) is 8.05. The lowest BCUT2D eigenvalue weighted by atomic mass is 10.1. The van der Waals surface area contributed by atoms with Crippen LogP contribution in [0, 0.1) is 0 Å². The second-order valence-corrected chi connectivity index (χ2v) is 6.36. The van der Waals surface area contributed by atoms with Crippen LogP contribution in [0.3, 0.4) is 0 Å². The summed E-state index contributed by atoms with van der Waals surface area (Å²) in [5.41, 5.74) is 5.23. The van der Waals surface area contributed by atoms with Gasteiger partial charge in [-0.15, -0.1) is 0 Å². The summed E-state index contributed by atoms with van der Waals surface area (Å²) in [4.78, 5) is 2.46. The highest BCUT2D eigenvalue weighted by molar-refractivity contribution is 9.10. The van der Waals surface area contributed by atoms with Crippen molar-refractivity contribution in [3.8, 4) is 5.69 Å². The standard InChI is InChI=1S/C17H16BrN3/c18-14-4-6-16(7-5-14)21-17-9-11-20(15-2-1-3-15)10-8-13(17)12-19-21/h1-7,12H,8-11H2. The van der Waals surface area contributed by atoms with Crippen LogP contribution in [0.25, 0.3) is 5.69 Å². The van der Waals surface area contributed by atoms with Crippen molar-refractivity contribution in [2.45, 2.75) is 12.8 Å². The van der Waals surface area contributed by atoms with Crippen LogP contribution in [0.15, 0.2) is 58.9 Å². The van der Waals surface area contributed by atoms with Gasteiger partial charge >= 0.3 is 0 Å². The van der Waals surface area contributed by atoms with E-state index < -0.39 is 0 Å². The minimum atomic E-state index is 1.04. The zero-order valence-electron chi connectivity index (χ0n) is 11.7. The minimum absolute atomic E-state index is 1.04. The van der Waals surface area contributed by atoms with E-state index in [9.17, 15) is 0 Å². The highest BCUT2D eigenvalue weighted by Crippen LogP contribution is 2.24. The van der Waals surface area contributed by atoms with Gasteiger partial charge in [0.25, 0.3) is 0 Å². The fourth-order valence-corrected chi connectivity index (χ4v) is 3.21. The van der Waals surface area contributed by atoms with Crippen molar-refractivity contribution < 1.29 is 0 Å². The molecule has 3 nitrogen and oxygen atoms in total. The molecule has 1 aliphatic heterocycles. The Balaban J connectivity index is 1.63. The predicted octanol–water partition coefficient (Wildman–Crippen LogP) is 3.49. The topological polar surface area (TPSA) is 21.1 Å². The van der Waals surface area contributed by atoms with E-state index in [1.165, 1.54) is 17.0 Å². The maximum Gasteiger partial charge on any atom is 0.0649 e. The number of rotatable bonds is 2. The van der Waals surface area contributed by atoms with Gasteiger partial charge in [0.2, 0.25) is 0 Å². The van der Waals surface area contributed by atoms with Gasteiger partial charge in [0.1, 0.15) is 0 Å². The fraction of sp³-hybridized carbons (Fsp3) is 0.235. The molecule has 1 aliphatic carbocycles. The van der Waals surface area contributed by atoms with Gasteiger partial charge < -0.3 is 4.90 Å². The van der Waals surface area contributed by atoms with E-state index >= 15 is 0 Å². The smallest absolute Gasteiger partial charge is 0.0649 e. The third-order valence-electron chi connectivity index (χ3n) is 4.20. The number of nitrogens with zero attached hydrogens (tertiary/aromatic N) is 3. The van der Waals surface area contributed by atoms with Crippen molar-refractivity contribution in [1.82, 2.24) is 14.7 Å². The molecule has 0 N–H and O–H groups in total. The Hall–Kier alpha value is -1.81. The van der Waals surface area contributed by atoms with Crippen LogP contribution in [0.5, 0.6) is 0 Å². The average Bonchev–Trinajstić information content (AvgIpc) is 2.73. The van der Waals surface area contributed by atoms with Gasteiger partial charge in [0, 0.05) is 35.4 Å². The van der Waals surface area contributed by atoms with Crippen LogP contribution >= 0.6 is 15.9 Å². The molecular formula is C17H16BrN3. The lowest BCUT2D eigenvalue weighted by molar-refractivity contribution is 0.367. The van der Waals surface area contributed by atoms with Gasteiger partial charge in [0.15, 0.2) is 0 Å². The monoisotopic (exact) mass is 341 g/mol. The van der Waals surface area contributed by atoms with Crippen LogP contribution in [-0.4, -0.2) is 27.8 Å². The van der Waals surface area contributed by atoms with Gasteiger partial charge in [-0.05, 0) is 48.4 Å².